The van der Waals surface area contributed by atoms with Crippen LogP contribution in [0.25, 0.3) is 0 Å². The van der Waals surface area contributed by atoms with Gasteiger partial charge in [-0.1, -0.05) is 6.92 Å². The van der Waals surface area contributed by atoms with Crippen LogP contribution in [0.15, 0.2) is 0 Å². The Bertz CT molecular complexity index is 177. The molecule has 0 aromatic carbocycles. The molecule has 0 spiro atoms. The fourth-order valence-corrected chi connectivity index (χ4v) is 0.604. The maximum absolute atomic E-state index is 10.8. The van der Waals surface area contributed by atoms with Crippen molar-refractivity contribution in [3.63, 3.8) is 0 Å². The number of ether oxygens (including phenoxy) is 2. The van der Waals surface area contributed by atoms with Crippen molar-refractivity contribution in [3.05, 3.63) is 0 Å². The molecule has 1 N–H and O–H groups in total. The summed E-state index contributed by atoms with van der Waals surface area (Å²) in [5.41, 5.74) is 0. The first-order valence-electron chi connectivity index (χ1n) is 4.03. The van der Waals surface area contributed by atoms with E-state index in [1.54, 1.807) is 6.92 Å². The summed E-state index contributed by atoms with van der Waals surface area (Å²) < 4.78 is 9.30. The van der Waals surface area contributed by atoms with Crippen molar-refractivity contribution in [2.45, 2.75) is 26.4 Å². The van der Waals surface area contributed by atoms with E-state index in [1.807, 2.05) is 0 Å². The predicted molar refractivity (Wildman–Crippen MR) is 43.9 cm³/mol. The van der Waals surface area contributed by atoms with Crippen LogP contribution < -0.4 is 0 Å². The number of carbonyl (C=O) groups excluding carboxylic acids is 2. The molecule has 1 atom stereocenters. The molecule has 0 aliphatic carbocycles. The fraction of sp³-hybridized carbons (Fsp3) is 0.750. The minimum absolute atomic E-state index is 0.0996. The van der Waals surface area contributed by atoms with Gasteiger partial charge in [0.05, 0.1) is 6.61 Å². The Morgan fingerprint density at radius 1 is 1.46 bits per heavy atom. The third-order valence-electron chi connectivity index (χ3n) is 1.26. The number of hydrogen-bond donors (Lipinski definition) is 1. The highest BCUT2D eigenvalue weighted by Crippen LogP contribution is 1.96. The lowest BCUT2D eigenvalue weighted by molar-refractivity contribution is -0.160. The highest BCUT2D eigenvalue weighted by Gasteiger charge is 2.13. The van der Waals surface area contributed by atoms with E-state index in [2.05, 4.69) is 4.74 Å². The number of hydrogen-bond acceptors (Lipinski definition) is 5. The molecule has 0 fully saturated rings. The van der Waals surface area contributed by atoms with Crippen LogP contribution in [0.2, 0.25) is 0 Å². The van der Waals surface area contributed by atoms with Crippen LogP contribution in [0, 0.1) is 0 Å². The molecule has 0 amide bonds. The van der Waals surface area contributed by atoms with Gasteiger partial charge in [-0.05, 0) is 0 Å². The number of rotatable bonds is 5. The molecule has 0 bridgehead atoms. The average Bonchev–Trinajstić information content (AvgIpc) is 2.11. The van der Waals surface area contributed by atoms with Crippen molar-refractivity contribution in [3.8, 4) is 0 Å². The second-order valence-corrected chi connectivity index (χ2v) is 2.45. The first kappa shape index (κ1) is 11.9. The molecule has 13 heavy (non-hydrogen) atoms. The van der Waals surface area contributed by atoms with E-state index in [-0.39, 0.29) is 19.6 Å². The minimum atomic E-state index is -0.753. The topological polar surface area (TPSA) is 72.8 Å². The zero-order valence-electron chi connectivity index (χ0n) is 7.78. The molecule has 0 radical (unpaired) electrons. The van der Waals surface area contributed by atoms with Gasteiger partial charge in [-0.25, -0.2) is 0 Å². The van der Waals surface area contributed by atoms with Crippen molar-refractivity contribution >= 4 is 11.9 Å². The molecule has 1 unspecified atom stereocenters. The first-order valence-corrected chi connectivity index (χ1v) is 4.03. The van der Waals surface area contributed by atoms with Gasteiger partial charge in [-0.3, -0.25) is 9.59 Å². The number of esters is 2. The van der Waals surface area contributed by atoms with E-state index < -0.39 is 18.0 Å². The Morgan fingerprint density at radius 2 is 2.08 bits per heavy atom. The lowest BCUT2D eigenvalue weighted by Gasteiger charge is -2.14. The monoisotopic (exact) mass is 190 g/mol. The Kier molecular flexibility index (Phi) is 5.88. The lowest BCUT2D eigenvalue weighted by atomic mass is 10.4. The van der Waals surface area contributed by atoms with Gasteiger partial charge in [0.1, 0.15) is 6.61 Å². The summed E-state index contributed by atoms with van der Waals surface area (Å²) in [6.07, 6.45) is -0.521. The van der Waals surface area contributed by atoms with Crippen molar-refractivity contribution < 1.29 is 24.2 Å². The van der Waals surface area contributed by atoms with E-state index in [0.29, 0.717) is 0 Å². The van der Waals surface area contributed by atoms with Gasteiger partial charge >= 0.3 is 11.9 Å². The highest BCUT2D eigenvalue weighted by molar-refractivity contribution is 5.69. The molecule has 0 aliphatic heterocycles. The van der Waals surface area contributed by atoms with Crippen LogP contribution in [0.1, 0.15) is 20.3 Å². The lowest BCUT2D eigenvalue weighted by Crippen LogP contribution is -2.27. The molecule has 5 heteroatoms. The largest absolute Gasteiger partial charge is 0.462 e. The van der Waals surface area contributed by atoms with Crippen molar-refractivity contribution in [1.82, 2.24) is 0 Å². The summed E-state index contributed by atoms with van der Waals surface area (Å²) in [7, 11) is 0. The third-order valence-corrected chi connectivity index (χ3v) is 1.26. The molecule has 0 saturated carbocycles. The van der Waals surface area contributed by atoms with Crippen molar-refractivity contribution in [2.24, 2.45) is 0 Å². The van der Waals surface area contributed by atoms with Crippen LogP contribution in [-0.2, 0) is 19.1 Å². The molecule has 76 valence electrons. The van der Waals surface area contributed by atoms with Gasteiger partial charge in [-0.15, -0.1) is 0 Å². The summed E-state index contributed by atoms with van der Waals surface area (Å²) in [4.78, 5) is 21.1. The third kappa shape index (κ3) is 6.10. The normalized spacial score (nSPS) is 11.9. The van der Waals surface area contributed by atoms with Gasteiger partial charge < -0.3 is 14.6 Å². The van der Waals surface area contributed by atoms with Crippen LogP contribution in [0.5, 0.6) is 0 Å². The Morgan fingerprint density at radius 3 is 2.46 bits per heavy atom. The number of carbonyl (C=O) groups is 2. The standard InChI is InChI=1S/C8H14O5/c1-3-8(11)13-7(4-9)5-12-6(2)10/h7,9H,3-5H2,1-2H3. The SMILES string of the molecule is CCC(=O)OC(CO)COC(C)=O. The van der Waals surface area contributed by atoms with Crippen molar-refractivity contribution in [2.75, 3.05) is 13.2 Å². The molecule has 0 saturated heterocycles. The second kappa shape index (κ2) is 6.42. The zero-order valence-corrected chi connectivity index (χ0v) is 7.78. The maximum Gasteiger partial charge on any atom is 0.305 e. The van der Waals surface area contributed by atoms with Crippen LogP contribution in [0.3, 0.4) is 0 Å². The highest BCUT2D eigenvalue weighted by atomic mass is 16.6. The summed E-state index contributed by atoms with van der Waals surface area (Å²) in [6, 6.07) is 0. The summed E-state index contributed by atoms with van der Waals surface area (Å²) >= 11 is 0. The molecule has 0 aliphatic rings. The Balaban J connectivity index is 3.75. The summed E-state index contributed by atoms with van der Waals surface area (Å²) in [6.45, 7) is 2.44. The van der Waals surface area contributed by atoms with E-state index in [9.17, 15) is 9.59 Å². The zero-order chi connectivity index (χ0) is 10.3. The van der Waals surface area contributed by atoms with Gasteiger partial charge in [0, 0.05) is 13.3 Å². The fourth-order valence-electron chi connectivity index (χ4n) is 0.604. The molecule has 5 nitrogen and oxygen atoms in total. The van der Waals surface area contributed by atoms with Gasteiger partial charge in [0.2, 0.25) is 0 Å². The van der Waals surface area contributed by atoms with E-state index >= 15 is 0 Å². The summed E-state index contributed by atoms with van der Waals surface area (Å²) in [5, 5.41) is 8.71. The molecular weight excluding hydrogens is 176 g/mol. The minimum Gasteiger partial charge on any atom is -0.462 e. The summed E-state index contributed by atoms with van der Waals surface area (Å²) in [5.74, 6) is -0.891. The van der Waals surface area contributed by atoms with E-state index in [1.165, 1.54) is 6.92 Å². The Labute approximate surface area is 76.6 Å². The van der Waals surface area contributed by atoms with Crippen LogP contribution >= 0.6 is 0 Å². The Hall–Kier alpha value is -1.10. The number of aliphatic hydroxyl groups excluding tert-OH is 1. The van der Waals surface area contributed by atoms with Gasteiger partial charge in [0.25, 0.3) is 0 Å². The molecule has 0 aromatic rings. The van der Waals surface area contributed by atoms with Gasteiger partial charge in [0.15, 0.2) is 6.10 Å². The molecule has 0 heterocycles. The van der Waals surface area contributed by atoms with E-state index in [0.717, 1.165) is 0 Å². The quantitative estimate of drug-likeness (QED) is 0.611. The smallest absolute Gasteiger partial charge is 0.305 e. The van der Waals surface area contributed by atoms with E-state index in [4.69, 9.17) is 9.84 Å². The maximum atomic E-state index is 10.8. The van der Waals surface area contributed by atoms with Crippen LogP contribution in [0.4, 0.5) is 0 Å². The first-order chi connectivity index (χ1) is 6.10. The average molecular weight is 190 g/mol. The van der Waals surface area contributed by atoms with Crippen molar-refractivity contribution in [1.29, 1.82) is 0 Å². The van der Waals surface area contributed by atoms with Crippen LogP contribution in [-0.4, -0.2) is 36.4 Å². The van der Waals surface area contributed by atoms with Gasteiger partial charge in [-0.2, -0.15) is 0 Å². The second-order valence-electron chi connectivity index (χ2n) is 2.45. The molecular formula is C8H14O5. The number of aliphatic hydroxyl groups is 1. The molecule has 0 aromatic heterocycles. The molecule has 0 rings (SSSR count). The predicted octanol–water partition coefficient (Wildman–Crippen LogP) is -0.136.